The number of fused-ring (bicyclic) bond motifs is 1. The van der Waals surface area contributed by atoms with Gasteiger partial charge < -0.3 is 35.8 Å². The topological polar surface area (TPSA) is 251 Å². The summed E-state index contributed by atoms with van der Waals surface area (Å²) in [5.74, 6) is -5.34. The monoisotopic (exact) mass is 1210 g/mol. The van der Waals surface area contributed by atoms with E-state index in [1.807, 2.05) is 40.7 Å². The SMILES string of the molecule is Cc1ncsc1-c1ccc(CNC(=O)C2CC(O)CN2C(=O)[C@@H](NC(=O)C2(F)CC2)C(C)(C)C)c(OCCCCCCCCCn2cc(-c3cnc(N)c4c(-c5ccc(NS(=O)(=O)C(F)F)c(O[C@@H](C)c6ccc(F)cc6)c5)nn(C)c34)cn2)c1. The Labute approximate surface area is 494 Å². The Balaban J connectivity index is 0.769. The van der Waals surface area contributed by atoms with Crippen molar-refractivity contribution in [2.75, 3.05) is 23.6 Å². The number of unbranched alkanes of at least 4 members (excludes halogenated alkanes) is 6. The first-order valence-corrected chi connectivity index (χ1v) is 30.8. The van der Waals surface area contributed by atoms with Crippen LogP contribution in [0.4, 0.5) is 29.1 Å². The lowest BCUT2D eigenvalue weighted by molar-refractivity contribution is -0.145. The van der Waals surface area contributed by atoms with Gasteiger partial charge in [0.1, 0.15) is 47.0 Å². The molecule has 1 saturated carbocycles. The molecule has 19 nitrogen and oxygen atoms in total. The van der Waals surface area contributed by atoms with Gasteiger partial charge in [0.05, 0.1) is 51.6 Å². The molecular weight excluding hydrogens is 1140 g/mol. The Hall–Kier alpha value is -7.64. The normalized spacial score (nSPS) is 16.6. The van der Waals surface area contributed by atoms with Crippen LogP contribution in [0.25, 0.3) is 43.7 Å². The Bertz CT molecular complexity index is 3660. The van der Waals surface area contributed by atoms with E-state index >= 15 is 0 Å². The average molecular weight is 1210 g/mol. The van der Waals surface area contributed by atoms with Crippen LogP contribution in [-0.4, -0.2) is 108 Å². The number of nitrogens with two attached hydrogens (primary N) is 1. The van der Waals surface area contributed by atoms with Crippen LogP contribution in [0.5, 0.6) is 11.5 Å². The zero-order valence-electron chi connectivity index (χ0n) is 48.2. The highest BCUT2D eigenvalue weighted by Crippen LogP contribution is 2.42. The third kappa shape index (κ3) is 14.5. The van der Waals surface area contributed by atoms with Gasteiger partial charge in [-0.1, -0.05) is 83.2 Å². The van der Waals surface area contributed by atoms with Crippen LogP contribution >= 0.6 is 11.3 Å². The first-order valence-electron chi connectivity index (χ1n) is 28.3. The number of hydrogen-bond donors (Lipinski definition) is 5. The number of anilines is 2. The minimum absolute atomic E-state index is 0.0109. The number of rotatable bonds is 26. The minimum Gasteiger partial charge on any atom is -0.493 e. The number of nitrogens with one attached hydrogen (secondary N) is 3. The first kappa shape index (κ1) is 61.9. The van der Waals surface area contributed by atoms with Gasteiger partial charge in [0.2, 0.25) is 11.8 Å². The molecule has 25 heteroatoms. The Morgan fingerprint density at radius 1 is 0.929 bits per heavy atom. The average Bonchev–Trinajstić information content (AvgIpc) is 2.01. The van der Waals surface area contributed by atoms with E-state index in [2.05, 4.69) is 25.7 Å². The lowest BCUT2D eigenvalue weighted by Crippen LogP contribution is -2.59. The zero-order valence-corrected chi connectivity index (χ0v) is 49.8. The third-order valence-corrected chi connectivity index (χ3v) is 17.3. The lowest BCUT2D eigenvalue weighted by Gasteiger charge is -2.35. The van der Waals surface area contributed by atoms with Crippen LogP contribution < -0.4 is 30.6 Å². The highest BCUT2D eigenvalue weighted by molar-refractivity contribution is 7.93. The molecule has 2 fully saturated rings. The molecule has 1 aliphatic heterocycles. The molecule has 5 heterocycles. The number of nitrogens with zero attached hydrogens (tertiary/aromatic N) is 7. The van der Waals surface area contributed by atoms with E-state index in [4.69, 9.17) is 20.3 Å². The molecule has 9 rings (SSSR count). The second-order valence-corrected chi connectivity index (χ2v) is 25.4. The molecule has 1 saturated heterocycles. The number of pyridine rings is 1. The van der Waals surface area contributed by atoms with Gasteiger partial charge >= 0.3 is 5.76 Å². The summed E-state index contributed by atoms with van der Waals surface area (Å²) in [6, 6.07) is 13.5. The molecule has 7 aromatic rings. The standard InChI is InChI=1S/C60H71F4N11O8S2/c1-35-52(84-34-68-35)39-14-15-40(29-67-55(77)46-28-43(76)33-75(46)56(78)53(59(3,4)5)70-57(79)60(64)22-23-60)47(27-39)82-25-13-11-9-7-8-10-12-24-74-32-41(30-69-74)44-31-66-54(65)49-50(71-73(6)51(44)49)38-18-21-45(72-85(80,81)58(62)63)48(26-38)83-36(2)37-16-19-42(61)20-17-37/h14-21,26-27,30-32,34,36,43,46,53,58,72,76H,7-13,22-25,28-29,33H2,1-6H3,(H2,65,66)(H,67,77)(H,70,79)/t36-,43?,46?,53+/m0/s1. The smallest absolute Gasteiger partial charge is 0.355 e. The van der Waals surface area contributed by atoms with Gasteiger partial charge in [-0.3, -0.25) is 28.5 Å². The van der Waals surface area contributed by atoms with Crippen LogP contribution in [0.15, 0.2) is 84.8 Å². The molecule has 4 atom stereocenters. The number of benzene rings is 3. The molecule has 0 radical (unpaired) electrons. The van der Waals surface area contributed by atoms with E-state index in [1.54, 1.807) is 57.3 Å². The largest absolute Gasteiger partial charge is 0.493 e. The number of sulfonamides is 1. The Morgan fingerprint density at radius 3 is 2.31 bits per heavy atom. The van der Waals surface area contributed by atoms with Crippen LogP contribution in [0, 0.1) is 18.2 Å². The number of aliphatic hydroxyl groups excluding tert-OH is 1. The Kier molecular flexibility index (Phi) is 18.9. The van der Waals surface area contributed by atoms with Gasteiger partial charge in [-0.2, -0.15) is 19.0 Å². The quantitative estimate of drug-likeness (QED) is 0.0250. The van der Waals surface area contributed by atoms with Crippen molar-refractivity contribution in [1.82, 2.24) is 45.1 Å². The van der Waals surface area contributed by atoms with Crippen molar-refractivity contribution in [3.05, 3.63) is 107 Å². The number of aryl methyl sites for hydroxylation is 3. The molecule has 4 aromatic heterocycles. The fourth-order valence-electron chi connectivity index (χ4n) is 10.4. The maximum absolute atomic E-state index is 14.7. The summed E-state index contributed by atoms with van der Waals surface area (Å²) in [6.45, 7) is 9.97. The maximum Gasteiger partial charge on any atom is 0.355 e. The highest BCUT2D eigenvalue weighted by atomic mass is 32.2. The number of β-amino-alcohol motifs (C(OH)–C–C–N with tert-alkyl or cyclic N) is 1. The van der Waals surface area contributed by atoms with Crippen molar-refractivity contribution in [2.45, 2.75) is 148 Å². The molecular formula is C60H71F4N11O8S2. The number of carbonyl (C=O) groups excluding carboxylic acids is 3. The second kappa shape index (κ2) is 25.9. The third-order valence-electron chi connectivity index (χ3n) is 15.4. The van der Waals surface area contributed by atoms with Crippen LogP contribution in [0.1, 0.15) is 115 Å². The van der Waals surface area contributed by atoms with Crippen molar-refractivity contribution < 1.29 is 54.9 Å². The van der Waals surface area contributed by atoms with E-state index < -0.39 is 74.7 Å². The van der Waals surface area contributed by atoms with E-state index in [0.717, 1.165) is 72.2 Å². The van der Waals surface area contributed by atoms with Crippen molar-refractivity contribution in [2.24, 2.45) is 12.5 Å². The summed E-state index contributed by atoms with van der Waals surface area (Å²) >= 11 is 1.52. The lowest BCUT2D eigenvalue weighted by atomic mass is 9.85. The number of nitrogen functional groups attached to an aromatic ring is 1. The van der Waals surface area contributed by atoms with Crippen molar-refractivity contribution in [3.8, 4) is 44.3 Å². The molecule has 2 unspecified atom stereocenters. The molecule has 454 valence electrons. The number of amides is 3. The van der Waals surface area contributed by atoms with Gasteiger partial charge in [-0.05, 0) is 86.4 Å². The number of likely N-dealkylation sites (tertiary alicyclic amines) is 1. The van der Waals surface area contributed by atoms with Gasteiger partial charge in [0, 0.05) is 67.8 Å². The van der Waals surface area contributed by atoms with E-state index in [1.165, 1.54) is 58.7 Å². The summed E-state index contributed by atoms with van der Waals surface area (Å²) in [6.07, 6.45) is 10.5. The number of ether oxygens (including phenoxy) is 2. The molecule has 3 amide bonds. The number of aromatic nitrogens is 6. The molecule has 2 aliphatic rings. The second-order valence-electron chi connectivity index (χ2n) is 22.9. The van der Waals surface area contributed by atoms with Crippen LogP contribution in [-0.2, 0) is 44.5 Å². The van der Waals surface area contributed by atoms with Crippen molar-refractivity contribution >= 4 is 61.5 Å². The first-order chi connectivity index (χ1) is 40.4. The molecule has 0 bridgehead atoms. The molecule has 3 aromatic carbocycles. The van der Waals surface area contributed by atoms with Gasteiger partial charge in [0.25, 0.3) is 15.9 Å². The van der Waals surface area contributed by atoms with E-state index in [0.29, 0.717) is 52.2 Å². The number of hydrogen-bond acceptors (Lipinski definition) is 14. The minimum atomic E-state index is -5.08. The van der Waals surface area contributed by atoms with E-state index in [9.17, 15) is 45.5 Å². The van der Waals surface area contributed by atoms with Gasteiger partial charge in [-0.15, -0.1) is 11.3 Å². The molecule has 85 heavy (non-hydrogen) atoms. The Morgan fingerprint density at radius 2 is 1.62 bits per heavy atom. The predicted molar refractivity (Wildman–Crippen MR) is 316 cm³/mol. The number of halogens is 4. The molecule has 1 aliphatic carbocycles. The summed E-state index contributed by atoms with van der Waals surface area (Å²) < 4.78 is 98.0. The maximum atomic E-state index is 14.7. The van der Waals surface area contributed by atoms with Crippen molar-refractivity contribution in [1.29, 1.82) is 0 Å². The van der Waals surface area contributed by atoms with Gasteiger partial charge in [-0.25, -0.2) is 27.2 Å². The number of alkyl halides is 3. The summed E-state index contributed by atoms with van der Waals surface area (Å²) in [7, 11) is -3.33. The van der Waals surface area contributed by atoms with Crippen LogP contribution in [0.2, 0.25) is 0 Å². The number of thiazole rings is 1. The van der Waals surface area contributed by atoms with Crippen molar-refractivity contribution in [3.63, 3.8) is 0 Å². The van der Waals surface area contributed by atoms with Gasteiger partial charge in [0.15, 0.2) is 5.67 Å². The predicted octanol–water partition coefficient (Wildman–Crippen LogP) is 10.2. The number of aliphatic hydroxyl groups is 1. The van der Waals surface area contributed by atoms with E-state index in [-0.39, 0.29) is 49.6 Å². The zero-order chi connectivity index (χ0) is 61.0. The molecule has 6 N–H and O–H groups in total. The molecule has 0 spiro atoms. The fourth-order valence-corrected chi connectivity index (χ4v) is 11.8. The summed E-state index contributed by atoms with van der Waals surface area (Å²) in [5, 5.41) is 26.2. The summed E-state index contributed by atoms with van der Waals surface area (Å²) in [4.78, 5) is 51.8. The summed E-state index contributed by atoms with van der Waals surface area (Å²) in [5.41, 5.74) is 11.3. The number of carbonyl (C=O) groups is 3. The van der Waals surface area contributed by atoms with Crippen LogP contribution in [0.3, 0.4) is 0 Å². The highest BCUT2D eigenvalue weighted by Gasteiger charge is 2.53. The fraction of sp³-hybridized carbons (Fsp3) is 0.450.